The third-order valence-corrected chi connectivity index (χ3v) is 3.65. The Morgan fingerprint density at radius 3 is 1.95 bits per heavy atom. The van der Waals surface area contributed by atoms with Crippen LogP contribution < -0.4 is 4.74 Å². The van der Waals surface area contributed by atoms with Gasteiger partial charge in [-0.1, -0.05) is 19.1 Å². The lowest BCUT2D eigenvalue weighted by Crippen LogP contribution is -2.31. The summed E-state index contributed by atoms with van der Waals surface area (Å²) < 4.78 is 23.9. The molecule has 3 nitrogen and oxygen atoms in total. The molecule has 1 atom stereocenters. The van der Waals surface area contributed by atoms with Crippen molar-refractivity contribution in [2.75, 3.05) is 13.7 Å². The van der Waals surface area contributed by atoms with Crippen molar-refractivity contribution < 1.29 is 19.0 Å². The minimum Gasteiger partial charge on any atom is -0.457 e. The predicted molar refractivity (Wildman–Crippen MR) is 79.0 cm³/mol. The van der Waals surface area contributed by atoms with Crippen molar-refractivity contribution in [1.29, 1.82) is 0 Å². The van der Waals surface area contributed by atoms with Gasteiger partial charge in [0.2, 0.25) is 0 Å². The molecule has 21 heavy (non-hydrogen) atoms. The molecule has 0 saturated carbocycles. The molecule has 1 N–H and O–H groups in total. The first-order chi connectivity index (χ1) is 10.1. The van der Waals surface area contributed by atoms with Gasteiger partial charge in [-0.25, -0.2) is 4.39 Å². The van der Waals surface area contributed by atoms with Gasteiger partial charge in [0.25, 0.3) is 0 Å². The summed E-state index contributed by atoms with van der Waals surface area (Å²) in [5.74, 6) is 0.915. The number of hydrogen-bond acceptors (Lipinski definition) is 3. The quantitative estimate of drug-likeness (QED) is 0.878. The monoisotopic (exact) mass is 290 g/mol. The lowest BCUT2D eigenvalue weighted by molar-refractivity contribution is -0.0599. The molecule has 0 aliphatic carbocycles. The summed E-state index contributed by atoms with van der Waals surface area (Å²) in [4.78, 5) is 0. The van der Waals surface area contributed by atoms with Gasteiger partial charge in [0.1, 0.15) is 22.9 Å². The third kappa shape index (κ3) is 3.40. The molecule has 2 rings (SSSR count). The first-order valence-electron chi connectivity index (χ1n) is 6.83. The fourth-order valence-electron chi connectivity index (χ4n) is 2.20. The van der Waals surface area contributed by atoms with Crippen molar-refractivity contribution >= 4 is 0 Å². The standard InChI is InChI=1S/C17H19FO3/c1-3-17(12-19,20-2)13-4-8-15(9-5-13)21-16-10-6-14(18)7-11-16/h4-11,19H,3,12H2,1-2H3. The second-order valence-electron chi connectivity index (χ2n) is 4.79. The number of rotatable bonds is 6. The summed E-state index contributed by atoms with van der Waals surface area (Å²) >= 11 is 0. The minimum absolute atomic E-state index is 0.0852. The fourth-order valence-corrected chi connectivity index (χ4v) is 2.20. The van der Waals surface area contributed by atoms with Crippen LogP contribution in [0.4, 0.5) is 4.39 Å². The van der Waals surface area contributed by atoms with E-state index < -0.39 is 5.60 Å². The van der Waals surface area contributed by atoms with Crippen molar-refractivity contribution in [2.45, 2.75) is 18.9 Å². The van der Waals surface area contributed by atoms with Crippen molar-refractivity contribution in [2.24, 2.45) is 0 Å². The lowest BCUT2D eigenvalue weighted by atomic mass is 9.91. The van der Waals surface area contributed by atoms with E-state index in [4.69, 9.17) is 9.47 Å². The van der Waals surface area contributed by atoms with E-state index >= 15 is 0 Å². The molecular formula is C17H19FO3. The van der Waals surface area contributed by atoms with Gasteiger partial charge in [-0.2, -0.15) is 0 Å². The Morgan fingerprint density at radius 1 is 1.00 bits per heavy atom. The van der Waals surface area contributed by atoms with Gasteiger partial charge in [0, 0.05) is 7.11 Å². The van der Waals surface area contributed by atoms with E-state index in [-0.39, 0.29) is 12.4 Å². The Labute approximate surface area is 124 Å². The summed E-state index contributed by atoms with van der Waals surface area (Å²) in [5.41, 5.74) is 0.204. The van der Waals surface area contributed by atoms with Gasteiger partial charge in [0.05, 0.1) is 6.61 Å². The molecule has 0 aliphatic heterocycles. The number of halogens is 1. The van der Waals surface area contributed by atoms with Crippen LogP contribution in [0.1, 0.15) is 18.9 Å². The van der Waals surface area contributed by atoms with Crippen molar-refractivity contribution in [3.63, 3.8) is 0 Å². The Balaban J connectivity index is 2.17. The molecule has 0 aromatic heterocycles. The molecule has 0 radical (unpaired) electrons. The fraction of sp³-hybridized carbons (Fsp3) is 0.294. The topological polar surface area (TPSA) is 38.7 Å². The van der Waals surface area contributed by atoms with Gasteiger partial charge < -0.3 is 14.6 Å². The van der Waals surface area contributed by atoms with Crippen LogP contribution in [-0.4, -0.2) is 18.8 Å². The molecule has 2 aromatic rings. The number of benzene rings is 2. The molecule has 0 bridgehead atoms. The highest BCUT2D eigenvalue weighted by atomic mass is 19.1. The number of ether oxygens (including phenoxy) is 2. The largest absolute Gasteiger partial charge is 0.457 e. The van der Waals surface area contributed by atoms with Gasteiger partial charge in [-0.15, -0.1) is 0 Å². The van der Waals surface area contributed by atoms with Crippen LogP contribution in [0, 0.1) is 5.82 Å². The number of aliphatic hydroxyl groups excluding tert-OH is 1. The van der Waals surface area contributed by atoms with Crippen molar-refractivity contribution in [3.8, 4) is 11.5 Å². The third-order valence-electron chi connectivity index (χ3n) is 3.65. The Kier molecular flexibility index (Phi) is 4.94. The molecule has 2 aromatic carbocycles. The summed E-state index contributed by atoms with van der Waals surface area (Å²) in [6.07, 6.45) is 0.665. The molecule has 0 amide bonds. The molecule has 0 saturated heterocycles. The highest BCUT2D eigenvalue weighted by Gasteiger charge is 2.29. The molecule has 112 valence electrons. The Morgan fingerprint density at radius 2 is 1.52 bits per heavy atom. The SMILES string of the molecule is CCC(CO)(OC)c1ccc(Oc2ccc(F)cc2)cc1. The zero-order chi connectivity index (χ0) is 15.3. The first kappa shape index (κ1) is 15.5. The van der Waals surface area contributed by atoms with E-state index in [0.29, 0.717) is 17.9 Å². The molecule has 0 aliphatic rings. The zero-order valence-electron chi connectivity index (χ0n) is 12.2. The van der Waals surface area contributed by atoms with Crippen LogP contribution in [0.3, 0.4) is 0 Å². The molecule has 1 unspecified atom stereocenters. The Bertz CT molecular complexity index is 551. The molecule has 0 fully saturated rings. The van der Waals surface area contributed by atoms with Gasteiger partial charge >= 0.3 is 0 Å². The smallest absolute Gasteiger partial charge is 0.127 e. The average Bonchev–Trinajstić information content (AvgIpc) is 2.53. The number of methoxy groups -OCH3 is 1. The van der Waals surface area contributed by atoms with Crippen LogP contribution >= 0.6 is 0 Å². The molecule has 0 heterocycles. The number of aliphatic hydroxyl groups is 1. The van der Waals surface area contributed by atoms with Crippen molar-refractivity contribution in [1.82, 2.24) is 0 Å². The van der Waals surface area contributed by atoms with E-state index in [2.05, 4.69) is 0 Å². The van der Waals surface area contributed by atoms with E-state index in [0.717, 1.165) is 5.56 Å². The van der Waals surface area contributed by atoms with Gasteiger partial charge in [0.15, 0.2) is 0 Å². The molecule has 0 spiro atoms. The number of hydrogen-bond donors (Lipinski definition) is 1. The zero-order valence-corrected chi connectivity index (χ0v) is 12.2. The first-order valence-corrected chi connectivity index (χ1v) is 6.83. The maximum absolute atomic E-state index is 12.8. The van der Waals surface area contributed by atoms with Crippen LogP contribution in [0.25, 0.3) is 0 Å². The van der Waals surface area contributed by atoms with E-state index in [1.807, 2.05) is 19.1 Å². The lowest BCUT2D eigenvalue weighted by Gasteiger charge is -2.29. The summed E-state index contributed by atoms with van der Waals surface area (Å²) in [5, 5.41) is 9.57. The summed E-state index contributed by atoms with van der Waals surface area (Å²) in [7, 11) is 1.59. The van der Waals surface area contributed by atoms with Gasteiger partial charge in [-0.3, -0.25) is 0 Å². The predicted octanol–water partition coefficient (Wildman–Crippen LogP) is 3.86. The van der Waals surface area contributed by atoms with E-state index in [1.54, 1.807) is 31.4 Å². The molecular weight excluding hydrogens is 271 g/mol. The van der Waals surface area contributed by atoms with Gasteiger partial charge in [-0.05, 0) is 48.4 Å². The van der Waals surface area contributed by atoms with E-state index in [1.165, 1.54) is 12.1 Å². The summed E-state index contributed by atoms with van der Waals surface area (Å²) in [6, 6.07) is 13.2. The van der Waals surface area contributed by atoms with Crippen LogP contribution in [0.5, 0.6) is 11.5 Å². The van der Waals surface area contributed by atoms with Crippen LogP contribution in [0.2, 0.25) is 0 Å². The van der Waals surface area contributed by atoms with E-state index in [9.17, 15) is 9.50 Å². The highest BCUT2D eigenvalue weighted by molar-refractivity contribution is 5.35. The Hall–Kier alpha value is -1.91. The summed E-state index contributed by atoms with van der Waals surface area (Å²) in [6.45, 7) is 1.88. The highest BCUT2D eigenvalue weighted by Crippen LogP contribution is 2.30. The van der Waals surface area contributed by atoms with Crippen LogP contribution in [-0.2, 0) is 10.3 Å². The molecule has 4 heteroatoms. The van der Waals surface area contributed by atoms with Crippen molar-refractivity contribution in [3.05, 3.63) is 59.9 Å². The minimum atomic E-state index is -0.686. The average molecular weight is 290 g/mol. The normalized spacial score (nSPS) is 13.7. The second-order valence-corrected chi connectivity index (χ2v) is 4.79. The maximum Gasteiger partial charge on any atom is 0.127 e. The second kappa shape index (κ2) is 6.70. The maximum atomic E-state index is 12.8. The van der Waals surface area contributed by atoms with Crippen LogP contribution in [0.15, 0.2) is 48.5 Å².